The average Bonchev–Trinajstić information content (AvgIpc) is 3.22. The van der Waals surface area contributed by atoms with E-state index in [1.807, 2.05) is 7.05 Å². The molecule has 0 aliphatic rings. The highest BCUT2D eigenvalue weighted by atomic mass is 16.6. The number of allylic oxidation sites excluding steroid dienone is 4. The maximum atomic E-state index is 12.8. The highest BCUT2D eigenvalue weighted by Gasteiger charge is 2.19. The van der Waals surface area contributed by atoms with Gasteiger partial charge in [-0.15, -0.1) is 0 Å². The average molecular weight is 820 g/mol. The summed E-state index contributed by atoms with van der Waals surface area (Å²) in [7, 11) is 2.04. The molecule has 0 bridgehead atoms. The predicted molar refractivity (Wildman–Crippen MR) is 244 cm³/mol. The molecule has 1 amide bonds. The lowest BCUT2D eigenvalue weighted by Gasteiger charge is -2.23. The molecule has 58 heavy (non-hydrogen) atoms. The molecule has 0 heterocycles. The topological polar surface area (TPSA) is 97.4 Å². The molecule has 0 aliphatic heterocycles. The van der Waals surface area contributed by atoms with E-state index in [1.54, 1.807) is 0 Å². The van der Waals surface area contributed by atoms with Crippen LogP contribution in [0.2, 0.25) is 0 Å². The smallest absolute Gasteiger partial charge is 0.407 e. The number of alkyl carbamates (subject to hydrolysis) is 1. The summed E-state index contributed by atoms with van der Waals surface area (Å²) < 4.78 is 16.6. The Bertz CT molecular complexity index is 985. The van der Waals surface area contributed by atoms with Gasteiger partial charge in [-0.05, 0) is 84.3 Å². The molecular weight excluding hydrogens is 727 g/mol. The van der Waals surface area contributed by atoms with Crippen molar-refractivity contribution in [1.82, 2.24) is 15.1 Å². The first-order chi connectivity index (χ1) is 28.4. The van der Waals surface area contributed by atoms with Gasteiger partial charge in [-0.3, -0.25) is 9.59 Å². The van der Waals surface area contributed by atoms with Crippen molar-refractivity contribution in [3.05, 3.63) is 24.3 Å². The van der Waals surface area contributed by atoms with Crippen LogP contribution in [0.25, 0.3) is 0 Å². The standard InChI is InChI=1S/C49H93N3O6/c1-6-10-12-14-16-18-20-22-24-26-28-30-32-34-36-38-47(53)56-44-46(45-57-49(55)50-40-41-51(5)42-43-52(8-3)9-4)58-48(54)39-37-35-33-31-29-27-25-23-21-19-17-15-13-11-7-2/h22-25,46H,6-21,26-45H2,1-5H3,(H,50,55). The number of unbranched alkanes of at least 4 members (excludes halogenated alkanes) is 22. The van der Waals surface area contributed by atoms with Crippen LogP contribution in [-0.2, 0) is 23.8 Å². The molecule has 0 aromatic heterocycles. The van der Waals surface area contributed by atoms with Gasteiger partial charge in [0.2, 0.25) is 0 Å². The van der Waals surface area contributed by atoms with Gasteiger partial charge >= 0.3 is 18.0 Å². The van der Waals surface area contributed by atoms with Crippen molar-refractivity contribution >= 4 is 18.0 Å². The summed E-state index contributed by atoms with van der Waals surface area (Å²) in [5.74, 6) is -0.664. The highest BCUT2D eigenvalue weighted by Crippen LogP contribution is 2.13. The Labute approximate surface area is 358 Å². The Morgan fingerprint density at radius 1 is 0.500 bits per heavy atom. The molecular formula is C49H93N3O6. The molecule has 0 saturated heterocycles. The molecule has 0 rings (SSSR count). The van der Waals surface area contributed by atoms with Crippen molar-refractivity contribution in [2.24, 2.45) is 0 Å². The number of likely N-dealkylation sites (N-methyl/N-ethyl adjacent to an activating group) is 2. The zero-order chi connectivity index (χ0) is 42.6. The van der Waals surface area contributed by atoms with Crippen LogP contribution >= 0.6 is 0 Å². The number of carbonyl (C=O) groups excluding carboxylic acids is 3. The van der Waals surface area contributed by atoms with Gasteiger partial charge in [-0.25, -0.2) is 4.79 Å². The van der Waals surface area contributed by atoms with Gasteiger partial charge < -0.3 is 29.3 Å². The first-order valence-electron chi connectivity index (χ1n) is 24.3. The van der Waals surface area contributed by atoms with Crippen molar-refractivity contribution < 1.29 is 28.6 Å². The molecule has 0 spiro atoms. The van der Waals surface area contributed by atoms with E-state index in [1.165, 1.54) is 103 Å². The van der Waals surface area contributed by atoms with Crippen LogP contribution in [0.1, 0.15) is 207 Å². The van der Waals surface area contributed by atoms with Crippen LogP contribution in [0.15, 0.2) is 24.3 Å². The zero-order valence-electron chi connectivity index (χ0n) is 38.7. The SMILES string of the molecule is CCCCCCCCC=CCCCCCCCC(=O)OCC(COC(=O)NCCN(C)CCN(CC)CC)OC(=O)CCCCCCCC=CCCCCCCCC. The Balaban J connectivity index is 4.45. The number of amides is 1. The van der Waals surface area contributed by atoms with E-state index < -0.39 is 12.2 Å². The lowest BCUT2D eigenvalue weighted by atomic mass is 10.1. The summed E-state index contributed by atoms with van der Waals surface area (Å²) in [6.07, 6.45) is 39.6. The Hall–Kier alpha value is -2.39. The van der Waals surface area contributed by atoms with E-state index in [9.17, 15) is 14.4 Å². The van der Waals surface area contributed by atoms with Crippen LogP contribution in [-0.4, -0.2) is 93.5 Å². The predicted octanol–water partition coefficient (Wildman–Crippen LogP) is 12.5. The first kappa shape index (κ1) is 55.6. The van der Waals surface area contributed by atoms with E-state index in [2.05, 4.69) is 67.1 Å². The van der Waals surface area contributed by atoms with Crippen LogP contribution in [0.3, 0.4) is 0 Å². The van der Waals surface area contributed by atoms with Crippen molar-refractivity contribution in [2.75, 3.05) is 59.5 Å². The molecule has 0 aromatic rings. The fraction of sp³-hybridized carbons (Fsp3) is 0.857. The van der Waals surface area contributed by atoms with Crippen molar-refractivity contribution in [1.29, 1.82) is 0 Å². The van der Waals surface area contributed by atoms with E-state index in [-0.39, 0.29) is 25.2 Å². The molecule has 0 fully saturated rings. The second-order valence-corrected chi connectivity index (χ2v) is 16.3. The summed E-state index contributed by atoms with van der Waals surface area (Å²) in [4.78, 5) is 42.4. The number of esters is 2. The summed E-state index contributed by atoms with van der Waals surface area (Å²) in [5, 5.41) is 2.79. The molecule has 1 N–H and O–H groups in total. The van der Waals surface area contributed by atoms with Gasteiger partial charge in [-0.2, -0.15) is 0 Å². The largest absolute Gasteiger partial charge is 0.462 e. The molecule has 9 nitrogen and oxygen atoms in total. The number of rotatable bonds is 43. The lowest BCUT2D eigenvalue weighted by molar-refractivity contribution is -0.161. The summed E-state index contributed by atoms with van der Waals surface area (Å²) in [6, 6.07) is 0. The quantitative estimate of drug-likeness (QED) is 0.0281. The van der Waals surface area contributed by atoms with Gasteiger partial charge in [-0.1, -0.05) is 155 Å². The number of hydrogen-bond donors (Lipinski definition) is 1. The minimum Gasteiger partial charge on any atom is -0.462 e. The number of hydrogen-bond acceptors (Lipinski definition) is 8. The number of carbonyl (C=O) groups is 3. The fourth-order valence-corrected chi connectivity index (χ4v) is 6.83. The normalized spacial score (nSPS) is 12.3. The molecule has 9 heteroatoms. The summed E-state index contributed by atoms with van der Waals surface area (Å²) in [5.41, 5.74) is 0. The zero-order valence-corrected chi connectivity index (χ0v) is 38.7. The second kappa shape index (κ2) is 44.2. The monoisotopic (exact) mass is 820 g/mol. The third kappa shape index (κ3) is 40.4. The minimum absolute atomic E-state index is 0.122. The molecule has 0 radical (unpaired) electrons. The fourth-order valence-electron chi connectivity index (χ4n) is 6.83. The highest BCUT2D eigenvalue weighted by molar-refractivity contribution is 5.70. The van der Waals surface area contributed by atoms with Crippen LogP contribution < -0.4 is 5.32 Å². The second-order valence-electron chi connectivity index (χ2n) is 16.3. The number of nitrogens with zero attached hydrogens (tertiary/aromatic N) is 2. The maximum absolute atomic E-state index is 12.8. The van der Waals surface area contributed by atoms with Gasteiger partial charge in [0.1, 0.15) is 13.2 Å². The molecule has 1 unspecified atom stereocenters. The molecule has 340 valence electrons. The van der Waals surface area contributed by atoms with E-state index in [0.717, 1.165) is 90.4 Å². The van der Waals surface area contributed by atoms with Crippen LogP contribution in [0.5, 0.6) is 0 Å². The third-order valence-electron chi connectivity index (χ3n) is 10.9. The number of ether oxygens (including phenoxy) is 3. The van der Waals surface area contributed by atoms with Gasteiger partial charge in [0.05, 0.1) is 0 Å². The first-order valence-corrected chi connectivity index (χ1v) is 24.3. The number of nitrogens with one attached hydrogen (secondary N) is 1. The van der Waals surface area contributed by atoms with Gasteiger partial charge in [0.25, 0.3) is 0 Å². The molecule has 1 atom stereocenters. The van der Waals surface area contributed by atoms with E-state index in [4.69, 9.17) is 14.2 Å². The van der Waals surface area contributed by atoms with Gasteiger partial charge in [0, 0.05) is 39.0 Å². The van der Waals surface area contributed by atoms with Crippen molar-refractivity contribution in [3.8, 4) is 0 Å². The maximum Gasteiger partial charge on any atom is 0.407 e. The third-order valence-corrected chi connectivity index (χ3v) is 10.9. The molecule has 0 saturated carbocycles. The Morgan fingerprint density at radius 2 is 0.914 bits per heavy atom. The molecule has 0 aromatic carbocycles. The Kier molecular flexibility index (Phi) is 42.3. The summed E-state index contributed by atoms with van der Waals surface area (Å²) >= 11 is 0. The van der Waals surface area contributed by atoms with Gasteiger partial charge in [0.15, 0.2) is 6.10 Å². The van der Waals surface area contributed by atoms with Crippen LogP contribution in [0.4, 0.5) is 4.79 Å². The Morgan fingerprint density at radius 3 is 1.38 bits per heavy atom. The minimum atomic E-state index is -0.837. The van der Waals surface area contributed by atoms with Crippen LogP contribution in [0, 0.1) is 0 Å². The molecule has 0 aliphatic carbocycles. The summed E-state index contributed by atoms with van der Waals surface area (Å²) in [6.45, 7) is 13.6. The van der Waals surface area contributed by atoms with E-state index >= 15 is 0 Å². The van der Waals surface area contributed by atoms with Crippen molar-refractivity contribution in [2.45, 2.75) is 214 Å². The van der Waals surface area contributed by atoms with E-state index in [0.29, 0.717) is 25.9 Å². The van der Waals surface area contributed by atoms with Crippen molar-refractivity contribution in [3.63, 3.8) is 0 Å². The lowest BCUT2D eigenvalue weighted by Crippen LogP contribution is -2.38.